The number of benzene rings is 1. The van der Waals surface area contributed by atoms with Crippen molar-refractivity contribution in [2.75, 3.05) is 39.5 Å². The molecule has 0 radical (unpaired) electrons. The third-order valence-corrected chi connectivity index (χ3v) is 4.16. The van der Waals surface area contributed by atoms with E-state index in [4.69, 9.17) is 0 Å². The van der Waals surface area contributed by atoms with Gasteiger partial charge in [-0.15, -0.1) is 0 Å². The number of carbonyl (C=O) groups excluding carboxylic acids is 1. The number of nitrogens with zero attached hydrogens (tertiary/aromatic N) is 2. The number of nitrogens with one attached hydrogen (secondary N) is 1. The highest BCUT2D eigenvalue weighted by molar-refractivity contribution is 5.99. The highest BCUT2D eigenvalue weighted by Gasteiger charge is 2.25. The monoisotopic (exact) mass is 275 g/mol. The third kappa shape index (κ3) is 3.12. The molecule has 1 heterocycles. The van der Waals surface area contributed by atoms with Gasteiger partial charge in [0.1, 0.15) is 0 Å². The first-order valence-electron chi connectivity index (χ1n) is 7.27. The minimum absolute atomic E-state index is 0.145. The summed E-state index contributed by atoms with van der Waals surface area (Å²) in [6.07, 6.45) is 2.11. The molecular weight excluding hydrogens is 250 g/mol. The van der Waals surface area contributed by atoms with Crippen LogP contribution in [-0.4, -0.2) is 56.0 Å². The Morgan fingerprint density at radius 1 is 1.30 bits per heavy atom. The number of hydrogen-bond acceptors (Lipinski definition) is 3. The van der Waals surface area contributed by atoms with E-state index in [0.717, 1.165) is 42.7 Å². The second-order valence-electron chi connectivity index (χ2n) is 5.79. The van der Waals surface area contributed by atoms with Crippen molar-refractivity contribution in [1.82, 2.24) is 9.80 Å². The molecule has 1 aliphatic heterocycles. The molecule has 0 aliphatic carbocycles. The summed E-state index contributed by atoms with van der Waals surface area (Å²) in [5.41, 5.74) is 2.86. The Morgan fingerprint density at radius 2 is 1.95 bits per heavy atom. The maximum atomic E-state index is 12.6. The van der Waals surface area contributed by atoms with E-state index >= 15 is 0 Å². The minimum Gasteiger partial charge on any atom is -0.387 e. The predicted octanol–water partition coefficient (Wildman–Crippen LogP) is 2.20. The largest absolute Gasteiger partial charge is 0.387 e. The van der Waals surface area contributed by atoms with E-state index in [9.17, 15) is 4.79 Å². The van der Waals surface area contributed by atoms with Crippen molar-refractivity contribution in [2.24, 2.45) is 0 Å². The molecular formula is C16H25N3O. The van der Waals surface area contributed by atoms with E-state index in [0.29, 0.717) is 6.04 Å². The van der Waals surface area contributed by atoms with Crippen LogP contribution < -0.4 is 5.32 Å². The van der Waals surface area contributed by atoms with Crippen LogP contribution in [0.15, 0.2) is 18.2 Å². The molecule has 2 rings (SSSR count). The van der Waals surface area contributed by atoms with Gasteiger partial charge in [-0.3, -0.25) is 4.79 Å². The van der Waals surface area contributed by atoms with E-state index < -0.39 is 0 Å². The summed E-state index contributed by atoms with van der Waals surface area (Å²) in [4.78, 5) is 16.9. The number of likely N-dealkylation sites (tertiary alicyclic amines) is 1. The summed E-state index contributed by atoms with van der Waals surface area (Å²) in [5.74, 6) is 0.145. The number of carbonyl (C=O) groups is 1. The lowest BCUT2D eigenvalue weighted by molar-refractivity contribution is 0.0664. The molecule has 1 amide bonds. The third-order valence-electron chi connectivity index (χ3n) is 4.16. The fourth-order valence-corrected chi connectivity index (χ4v) is 2.81. The van der Waals surface area contributed by atoms with Gasteiger partial charge in [-0.25, -0.2) is 0 Å². The van der Waals surface area contributed by atoms with Gasteiger partial charge >= 0.3 is 0 Å². The second-order valence-corrected chi connectivity index (χ2v) is 5.79. The zero-order chi connectivity index (χ0) is 14.7. The second kappa shape index (κ2) is 6.27. The first-order valence-corrected chi connectivity index (χ1v) is 7.27. The van der Waals surface area contributed by atoms with Crippen LogP contribution in [0, 0.1) is 6.92 Å². The van der Waals surface area contributed by atoms with Gasteiger partial charge < -0.3 is 15.1 Å². The van der Waals surface area contributed by atoms with Crippen molar-refractivity contribution in [1.29, 1.82) is 0 Å². The Hall–Kier alpha value is -1.55. The van der Waals surface area contributed by atoms with Crippen molar-refractivity contribution in [3.8, 4) is 0 Å². The average molecular weight is 275 g/mol. The Bertz CT molecular complexity index is 477. The molecule has 1 aliphatic rings. The van der Waals surface area contributed by atoms with Crippen LogP contribution in [0.5, 0.6) is 0 Å². The van der Waals surface area contributed by atoms with Crippen LogP contribution in [0.4, 0.5) is 5.69 Å². The Balaban J connectivity index is 2.09. The predicted molar refractivity (Wildman–Crippen MR) is 83.3 cm³/mol. The fourth-order valence-electron chi connectivity index (χ4n) is 2.81. The number of anilines is 1. The van der Waals surface area contributed by atoms with Gasteiger partial charge in [0.05, 0.1) is 5.56 Å². The lowest BCUT2D eigenvalue weighted by Gasteiger charge is -2.35. The van der Waals surface area contributed by atoms with Crippen LogP contribution in [-0.2, 0) is 0 Å². The highest BCUT2D eigenvalue weighted by Crippen LogP contribution is 2.22. The zero-order valence-electron chi connectivity index (χ0n) is 12.9. The van der Waals surface area contributed by atoms with E-state index in [1.54, 1.807) is 0 Å². The van der Waals surface area contributed by atoms with Crippen LogP contribution >= 0.6 is 0 Å². The summed E-state index contributed by atoms with van der Waals surface area (Å²) in [7, 11) is 6.09. The number of amides is 1. The lowest BCUT2D eigenvalue weighted by atomic mass is 10.0. The van der Waals surface area contributed by atoms with Crippen LogP contribution in [0.1, 0.15) is 28.8 Å². The topological polar surface area (TPSA) is 35.6 Å². The van der Waals surface area contributed by atoms with Gasteiger partial charge in [0, 0.05) is 31.9 Å². The molecule has 4 nitrogen and oxygen atoms in total. The minimum atomic E-state index is 0.145. The molecule has 1 N–H and O–H groups in total. The van der Waals surface area contributed by atoms with Gasteiger partial charge in [0.25, 0.3) is 5.91 Å². The molecule has 4 heteroatoms. The molecule has 0 bridgehead atoms. The number of aryl methyl sites for hydroxylation is 1. The van der Waals surface area contributed by atoms with Crippen LogP contribution in [0.3, 0.4) is 0 Å². The Morgan fingerprint density at radius 3 is 2.50 bits per heavy atom. The molecule has 1 saturated heterocycles. The molecule has 20 heavy (non-hydrogen) atoms. The Labute approximate surface area is 121 Å². The smallest absolute Gasteiger partial charge is 0.255 e. The summed E-state index contributed by atoms with van der Waals surface area (Å²) in [6, 6.07) is 6.56. The van der Waals surface area contributed by atoms with Crippen molar-refractivity contribution < 1.29 is 4.79 Å². The van der Waals surface area contributed by atoms with Crippen LogP contribution in [0.2, 0.25) is 0 Å². The summed E-state index contributed by atoms with van der Waals surface area (Å²) < 4.78 is 0. The SMILES string of the molecule is CNc1cc(C)ccc1C(=O)N1CCC(N(C)C)CC1. The van der Waals surface area contributed by atoms with Gasteiger partial charge in [-0.05, 0) is 51.6 Å². The normalized spacial score (nSPS) is 16.6. The Kier molecular flexibility index (Phi) is 4.65. The molecule has 0 unspecified atom stereocenters. The number of rotatable bonds is 3. The fraction of sp³-hybridized carbons (Fsp3) is 0.562. The first kappa shape index (κ1) is 14.9. The van der Waals surface area contributed by atoms with Crippen molar-refractivity contribution in [2.45, 2.75) is 25.8 Å². The zero-order valence-corrected chi connectivity index (χ0v) is 12.9. The molecule has 0 saturated carbocycles. The molecule has 0 aromatic heterocycles. The maximum absolute atomic E-state index is 12.6. The first-order chi connectivity index (χ1) is 9.52. The molecule has 0 atom stereocenters. The van der Waals surface area contributed by atoms with E-state index in [1.165, 1.54) is 0 Å². The molecule has 110 valence electrons. The summed E-state index contributed by atoms with van der Waals surface area (Å²) >= 11 is 0. The van der Waals surface area contributed by atoms with Crippen LogP contribution in [0.25, 0.3) is 0 Å². The van der Waals surface area contributed by atoms with Crippen molar-refractivity contribution in [3.63, 3.8) is 0 Å². The van der Waals surface area contributed by atoms with Gasteiger partial charge in [-0.2, -0.15) is 0 Å². The average Bonchev–Trinajstić information content (AvgIpc) is 2.46. The molecule has 1 fully saturated rings. The van der Waals surface area contributed by atoms with E-state index in [2.05, 4.69) is 24.3 Å². The summed E-state index contributed by atoms with van der Waals surface area (Å²) in [6.45, 7) is 3.73. The quantitative estimate of drug-likeness (QED) is 0.918. The molecule has 0 spiro atoms. The number of hydrogen-bond donors (Lipinski definition) is 1. The standard InChI is InChI=1S/C16H25N3O/c1-12-5-6-14(15(11-12)17-2)16(20)19-9-7-13(8-10-19)18(3)4/h5-6,11,13,17H,7-10H2,1-4H3. The van der Waals surface area contributed by atoms with E-state index in [-0.39, 0.29) is 5.91 Å². The van der Waals surface area contributed by atoms with Crippen molar-refractivity contribution in [3.05, 3.63) is 29.3 Å². The maximum Gasteiger partial charge on any atom is 0.255 e. The lowest BCUT2D eigenvalue weighted by Crippen LogP contribution is -2.44. The highest BCUT2D eigenvalue weighted by atomic mass is 16.2. The molecule has 1 aromatic rings. The summed E-state index contributed by atoms with van der Waals surface area (Å²) in [5, 5.41) is 3.13. The van der Waals surface area contributed by atoms with Gasteiger partial charge in [0.2, 0.25) is 0 Å². The number of piperidine rings is 1. The molecule has 1 aromatic carbocycles. The van der Waals surface area contributed by atoms with E-state index in [1.807, 2.05) is 37.1 Å². The van der Waals surface area contributed by atoms with Gasteiger partial charge in [-0.1, -0.05) is 6.07 Å². The van der Waals surface area contributed by atoms with Crippen molar-refractivity contribution >= 4 is 11.6 Å². The van der Waals surface area contributed by atoms with Gasteiger partial charge in [0.15, 0.2) is 0 Å².